The Morgan fingerprint density at radius 3 is 2.59 bits per heavy atom. The lowest BCUT2D eigenvalue weighted by Crippen LogP contribution is -3.00. The standard InChI is InChI=1S/C29H32N3O.BrH/c1-21-9-12-27-25(17-21)26-19-32(3,20-29(33)24-7-5-4-6-8-24)16-14-28(26)31(27)15-13-23-11-10-22(2)30-18-23;/h4-12,17-18H,13-16,19-20H2,1-3H3;1H/q+1;/p-1. The van der Waals surface area contributed by atoms with Gasteiger partial charge in [0, 0.05) is 52.6 Å². The number of Topliss-reactive ketones (excluding diaryl/α,β-unsaturated/α-hetero) is 1. The van der Waals surface area contributed by atoms with Crippen molar-refractivity contribution in [3.05, 3.63) is 101 Å². The second kappa shape index (κ2) is 9.85. The van der Waals surface area contributed by atoms with Crippen molar-refractivity contribution >= 4 is 16.7 Å². The number of aryl methyl sites for hydroxylation is 4. The SMILES string of the molecule is Cc1ccc2c(c1)c1c(n2CCc2ccc(C)nc2)CC[N+](C)(CC(=O)c2ccccc2)C1.[Br-]. The number of hydrogen-bond donors (Lipinski definition) is 0. The maximum atomic E-state index is 13.0. The molecule has 1 aliphatic heterocycles. The van der Waals surface area contributed by atoms with Crippen molar-refractivity contribution in [1.29, 1.82) is 0 Å². The molecule has 0 spiro atoms. The highest BCUT2D eigenvalue weighted by atomic mass is 79.9. The number of ketones is 1. The summed E-state index contributed by atoms with van der Waals surface area (Å²) in [4.78, 5) is 17.5. The van der Waals surface area contributed by atoms with Gasteiger partial charge in [-0.3, -0.25) is 9.78 Å². The normalized spacial score (nSPS) is 17.3. The Hall–Kier alpha value is -2.76. The quantitative estimate of drug-likeness (QED) is 0.290. The summed E-state index contributed by atoms with van der Waals surface area (Å²) in [7, 11) is 2.24. The van der Waals surface area contributed by atoms with Gasteiger partial charge < -0.3 is 26.0 Å². The van der Waals surface area contributed by atoms with E-state index in [1.54, 1.807) is 0 Å². The molecule has 0 radical (unpaired) electrons. The van der Waals surface area contributed by atoms with Gasteiger partial charge in [0.05, 0.1) is 13.6 Å². The summed E-state index contributed by atoms with van der Waals surface area (Å²) in [5.74, 6) is 0.230. The molecule has 2 aromatic heterocycles. The number of pyridine rings is 1. The molecule has 0 saturated carbocycles. The van der Waals surface area contributed by atoms with Crippen molar-refractivity contribution in [2.24, 2.45) is 0 Å². The van der Waals surface area contributed by atoms with E-state index in [9.17, 15) is 4.79 Å². The predicted octanol–water partition coefficient (Wildman–Crippen LogP) is 2.29. The minimum atomic E-state index is 0. The first-order valence-electron chi connectivity index (χ1n) is 11.9. The molecule has 2 aromatic carbocycles. The number of halogens is 1. The molecule has 1 atom stereocenters. The van der Waals surface area contributed by atoms with E-state index in [0.29, 0.717) is 6.54 Å². The summed E-state index contributed by atoms with van der Waals surface area (Å²) in [6, 6.07) is 20.8. The van der Waals surface area contributed by atoms with Crippen molar-refractivity contribution in [3.63, 3.8) is 0 Å². The molecule has 5 rings (SSSR count). The number of hydrogen-bond acceptors (Lipinski definition) is 2. The lowest BCUT2D eigenvalue weighted by molar-refractivity contribution is -0.916. The molecule has 0 saturated heterocycles. The van der Waals surface area contributed by atoms with Crippen LogP contribution in [0.5, 0.6) is 0 Å². The zero-order chi connectivity index (χ0) is 23.0. The lowest BCUT2D eigenvalue weighted by Gasteiger charge is -2.37. The summed E-state index contributed by atoms with van der Waals surface area (Å²) in [6.45, 7) is 7.56. The van der Waals surface area contributed by atoms with E-state index in [2.05, 4.69) is 53.9 Å². The fraction of sp³-hybridized carbons (Fsp3) is 0.310. The molecule has 4 aromatic rings. The summed E-state index contributed by atoms with van der Waals surface area (Å²) in [5.41, 5.74) is 8.60. The summed E-state index contributed by atoms with van der Waals surface area (Å²) >= 11 is 0. The molecule has 1 aliphatic rings. The van der Waals surface area contributed by atoms with Crippen LogP contribution in [-0.2, 0) is 25.9 Å². The van der Waals surface area contributed by atoms with Gasteiger partial charge in [0.15, 0.2) is 0 Å². The second-order valence-electron chi connectivity index (χ2n) is 9.85. The van der Waals surface area contributed by atoms with Crippen molar-refractivity contribution in [1.82, 2.24) is 9.55 Å². The van der Waals surface area contributed by atoms with Gasteiger partial charge in [0.1, 0.15) is 13.1 Å². The third kappa shape index (κ3) is 4.86. The van der Waals surface area contributed by atoms with E-state index < -0.39 is 0 Å². The number of likely N-dealkylation sites (N-methyl/N-ethyl adjacent to an activating group) is 1. The first-order valence-corrected chi connectivity index (χ1v) is 11.9. The molecule has 4 nitrogen and oxygen atoms in total. The smallest absolute Gasteiger partial charge is 0.216 e. The average Bonchev–Trinajstić information content (AvgIpc) is 3.10. The zero-order valence-corrected chi connectivity index (χ0v) is 21.8. The number of aromatic nitrogens is 2. The maximum Gasteiger partial charge on any atom is 0.216 e. The average molecular weight is 518 g/mol. The molecule has 3 heterocycles. The predicted molar refractivity (Wildman–Crippen MR) is 133 cm³/mol. The minimum Gasteiger partial charge on any atom is -1.00 e. The van der Waals surface area contributed by atoms with E-state index in [-0.39, 0.29) is 22.8 Å². The Morgan fingerprint density at radius 2 is 1.85 bits per heavy atom. The Kier molecular flexibility index (Phi) is 7.06. The molecule has 0 bridgehead atoms. The minimum absolute atomic E-state index is 0. The fourth-order valence-electron chi connectivity index (χ4n) is 5.23. The molecule has 1 unspecified atom stereocenters. The van der Waals surface area contributed by atoms with E-state index in [1.807, 2.05) is 43.5 Å². The van der Waals surface area contributed by atoms with Crippen molar-refractivity contribution in [3.8, 4) is 0 Å². The topological polar surface area (TPSA) is 34.9 Å². The summed E-state index contributed by atoms with van der Waals surface area (Å²) < 4.78 is 3.28. The number of benzene rings is 2. The summed E-state index contributed by atoms with van der Waals surface area (Å²) in [6.07, 6.45) is 3.96. The largest absolute Gasteiger partial charge is 1.00 e. The van der Waals surface area contributed by atoms with Crippen LogP contribution in [0.4, 0.5) is 0 Å². The van der Waals surface area contributed by atoms with E-state index in [0.717, 1.165) is 48.2 Å². The fourth-order valence-corrected chi connectivity index (χ4v) is 5.23. The molecule has 176 valence electrons. The highest BCUT2D eigenvalue weighted by Gasteiger charge is 2.34. The number of nitrogens with zero attached hydrogens (tertiary/aromatic N) is 3. The molecule has 5 heteroatoms. The van der Waals surface area contributed by atoms with Crippen LogP contribution >= 0.6 is 0 Å². The van der Waals surface area contributed by atoms with Crippen LogP contribution in [0.25, 0.3) is 10.9 Å². The van der Waals surface area contributed by atoms with Gasteiger partial charge in [-0.05, 0) is 44.0 Å². The van der Waals surface area contributed by atoms with Gasteiger partial charge in [-0.15, -0.1) is 0 Å². The zero-order valence-electron chi connectivity index (χ0n) is 20.2. The van der Waals surface area contributed by atoms with Crippen LogP contribution in [0.2, 0.25) is 0 Å². The van der Waals surface area contributed by atoms with Gasteiger partial charge in [0.2, 0.25) is 5.78 Å². The molecular weight excluding hydrogens is 486 g/mol. The number of fused-ring (bicyclic) bond motifs is 3. The van der Waals surface area contributed by atoms with Crippen molar-refractivity contribution in [2.45, 2.75) is 39.8 Å². The highest BCUT2D eigenvalue weighted by molar-refractivity contribution is 5.97. The van der Waals surface area contributed by atoms with Crippen molar-refractivity contribution in [2.75, 3.05) is 20.1 Å². The van der Waals surface area contributed by atoms with Gasteiger partial charge in [-0.1, -0.05) is 48.0 Å². The molecule has 0 N–H and O–H groups in total. The van der Waals surface area contributed by atoms with E-state index in [1.165, 1.54) is 33.3 Å². The van der Waals surface area contributed by atoms with Crippen LogP contribution in [0.1, 0.15) is 38.4 Å². The first-order chi connectivity index (χ1) is 15.9. The van der Waals surface area contributed by atoms with Crippen molar-refractivity contribution < 1.29 is 26.3 Å². The number of carbonyl (C=O) groups is 1. The maximum absolute atomic E-state index is 13.0. The van der Waals surface area contributed by atoms with Gasteiger partial charge in [0.25, 0.3) is 0 Å². The Balaban J connectivity index is 0.00000274. The Morgan fingerprint density at radius 1 is 1.06 bits per heavy atom. The van der Waals surface area contributed by atoms with Crippen LogP contribution in [0, 0.1) is 13.8 Å². The van der Waals surface area contributed by atoms with Crippen LogP contribution in [-0.4, -0.2) is 40.0 Å². The molecule has 34 heavy (non-hydrogen) atoms. The van der Waals surface area contributed by atoms with Gasteiger partial charge >= 0.3 is 0 Å². The lowest BCUT2D eigenvalue weighted by atomic mass is 10.00. The monoisotopic (exact) mass is 517 g/mol. The van der Waals surface area contributed by atoms with E-state index >= 15 is 0 Å². The molecular formula is C29H32BrN3O. The highest BCUT2D eigenvalue weighted by Crippen LogP contribution is 2.34. The summed E-state index contributed by atoms with van der Waals surface area (Å²) in [5, 5.41) is 1.35. The Labute approximate surface area is 212 Å². The number of rotatable bonds is 6. The first kappa shape index (κ1) is 24.4. The molecule has 0 fully saturated rings. The third-order valence-electron chi connectivity index (χ3n) is 7.09. The molecule has 0 amide bonds. The number of quaternary nitrogens is 1. The number of carbonyl (C=O) groups excluding carboxylic acids is 1. The third-order valence-corrected chi connectivity index (χ3v) is 7.09. The second-order valence-corrected chi connectivity index (χ2v) is 9.85. The van der Waals surface area contributed by atoms with Gasteiger partial charge in [-0.2, -0.15) is 0 Å². The Bertz CT molecular complexity index is 1310. The van der Waals surface area contributed by atoms with Crippen LogP contribution < -0.4 is 17.0 Å². The van der Waals surface area contributed by atoms with E-state index in [4.69, 9.17) is 0 Å². The van der Waals surface area contributed by atoms with Crippen LogP contribution in [0.15, 0.2) is 66.9 Å². The molecule has 0 aliphatic carbocycles. The van der Waals surface area contributed by atoms with Gasteiger partial charge in [-0.25, -0.2) is 0 Å². The van der Waals surface area contributed by atoms with Crippen LogP contribution in [0.3, 0.4) is 0 Å².